The number of pyridine rings is 1. The molecule has 21 heavy (non-hydrogen) atoms. The minimum Gasteiger partial charge on any atom is -0.495 e. The molecule has 110 valence electrons. The maximum Gasteiger partial charge on any atom is 0.333 e. The van der Waals surface area contributed by atoms with E-state index in [-0.39, 0.29) is 5.97 Å². The number of para-hydroxylation sites is 2. The van der Waals surface area contributed by atoms with Crippen LogP contribution in [0.5, 0.6) is 5.75 Å². The Balaban J connectivity index is 2.30. The first-order valence-electron chi connectivity index (χ1n) is 6.72. The lowest BCUT2D eigenvalue weighted by Gasteiger charge is -2.19. The van der Waals surface area contributed by atoms with Crippen molar-refractivity contribution < 1.29 is 14.3 Å². The second-order valence-corrected chi connectivity index (χ2v) is 4.32. The lowest BCUT2D eigenvalue weighted by atomic mass is 10.1. The van der Waals surface area contributed by atoms with Crippen molar-refractivity contribution >= 4 is 11.7 Å². The molecule has 5 heteroatoms. The highest BCUT2D eigenvalue weighted by Gasteiger charge is 2.23. The number of anilines is 1. The van der Waals surface area contributed by atoms with Gasteiger partial charge in [0.15, 0.2) is 6.04 Å². The number of methoxy groups -OCH3 is 1. The summed E-state index contributed by atoms with van der Waals surface area (Å²) in [5.41, 5.74) is 1.46. The number of hydrogen-bond acceptors (Lipinski definition) is 5. The zero-order chi connectivity index (χ0) is 15.1. The molecule has 2 rings (SSSR count). The van der Waals surface area contributed by atoms with Crippen molar-refractivity contribution in [1.82, 2.24) is 4.98 Å². The Morgan fingerprint density at radius 2 is 2.10 bits per heavy atom. The fourth-order valence-electron chi connectivity index (χ4n) is 1.97. The van der Waals surface area contributed by atoms with Gasteiger partial charge in [-0.1, -0.05) is 18.2 Å². The molecule has 0 radical (unpaired) electrons. The van der Waals surface area contributed by atoms with E-state index >= 15 is 0 Å². The summed E-state index contributed by atoms with van der Waals surface area (Å²) >= 11 is 0. The van der Waals surface area contributed by atoms with Gasteiger partial charge in [-0.2, -0.15) is 0 Å². The molecule has 1 heterocycles. The number of carbonyl (C=O) groups excluding carboxylic acids is 1. The molecule has 5 nitrogen and oxygen atoms in total. The quantitative estimate of drug-likeness (QED) is 0.827. The molecule has 0 bridgehead atoms. The minimum atomic E-state index is -0.630. The van der Waals surface area contributed by atoms with Crippen LogP contribution in [0.15, 0.2) is 48.8 Å². The van der Waals surface area contributed by atoms with Crippen LogP contribution in [-0.2, 0) is 9.53 Å². The SMILES string of the molecule is CCOC(=O)C(Nc1ccccc1OC)c1cccnc1. The maximum absolute atomic E-state index is 12.2. The first-order valence-corrected chi connectivity index (χ1v) is 6.72. The molecule has 0 fully saturated rings. The van der Waals surface area contributed by atoms with Gasteiger partial charge < -0.3 is 14.8 Å². The molecule has 0 aliphatic rings. The first kappa shape index (κ1) is 14.8. The zero-order valence-corrected chi connectivity index (χ0v) is 12.1. The highest BCUT2D eigenvalue weighted by molar-refractivity contribution is 5.81. The van der Waals surface area contributed by atoms with Crippen molar-refractivity contribution in [2.24, 2.45) is 0 Å². The number of benzene rings is 1. The number of rotatable bonds is 6. The first-order chi connectivity index (χ1) is 10.3. The van der Waals surface area contributed by atoms with E-state index in [1.807, 2.05) is 30.3 Å². The van der Waals surface area contributed by atoms with Gasteiger partial charge in [0.2, 0.25) is 0 Å². The van der Waals surface area contributed by atoms with E-state index in [4.69, 9.17) is 9.47 Å². The van der Waals surface area contributed by atoms with Crippen molar-refractivity contribution in [1.29, 1.82) is 0 Å². The van der Waals surface area contributed by atoms with E-state index in [0.29, 0.717) is 12.4 Å². The number of aromatic nitrogens is 1. The summed E-state index contributed by atoms with van der Waals surface area (Å²) in [5.74, 6) is 0.312. The highest BCUT2D eigenvalue weighted by atomic mass is 16.5. The Bertz CT molecular complexity index is 587. The van der Waals surface area contributed by atoms with Gasteiger partial charge in [-0.3, -0.25) is 4.98 Å². The second kappa shape index (κ2) is 7.28. The van der Waals surface area contributed by atoms with Gasteiger partial charge in [-0.15, -0.1) is 0 Å². The van der Waals surface area contributed by atoms with Gasteiger partial charge in [0.25, 0.3) is 0 Å². The van der Waals surface area contributed by atoms with Crippen LogP contribution < -0.4 is 10.1 Å². The molecule has 0 aliphatic carbocycles. The van der Waals surface area contributed by atoms with Crippen LogP contribution in [-0.4, -0.2) is 24.7 Å². The second-order valence-electron chi connectivity index (χ2n) is 4.32. The van der Waals surface area contributed by atoms with Gasteiger partial charge in [-0.05, 0) is 25.1 Å². The zero-order valence-electron chi connectivity index (χ0n) is 12.1. The van der Waals surface area contributed by atoms with Crippen LogP contribution in [0.1, 0.15) is 18.5 Å². The molecular weight excluding hydrogens is 268 g/mol. The van der Waals surface area contributed by atoms with Crippen LogP contribution in [0.25, 0.3) is 0 Å². The van der Waals surface area contributed by atoms with Crippen LogP contribution in [0.4, 0.5) is 5.69 Å². The van der Waals surface area contributed by atoms with E-state index < -0.39 is 6.04 Å². The molecule has 1 N–H and O–H groups in total. The fraction of sp³-hybridized carbons (Fsp3) is 0.250. The van der Waals surface area contributed by atoms with E-state index in [1.165, 1.54) is 0 Å². The smallest absolute Gasteiger partial charge is 0.333 e. The molecule has 1 atom stereocenters. The topological polar surface area (TPSA) is 60.5 Å². The number of esters is 1. The van der Waals surface area contributed by atoms with Gasteiger partial charge in [0, 0.05) is 18.0 Å². The third-order valence-corrected chi connectivity index (χ3v) is 2.95. The lowest BCUT2D eigenvalue weighted by molar-refractivity contribution is -0.144. The summed E-state index contributed by atoms with van der Waals surface area (Å²) in [6.45, 7) is 2.10. The Kier molecular flexibility index (Phi) is 5.15. The predicted molar refractivity (Wildman–Crippen MR) is 80.2 cm³/mol. The molecule has 0 amide bonds. The van der Waals surface area contributed by atoms with Crippen LogP contribution in [0.2, 0.25) is 0 Å². The summed E-state index contributed by atoms with van der Waals surface area (Å²) < 4.78 is 10.4. The molecule has 2 aromatic rings. The molecule has 1 aromatic carbocycles. The fourth-order valence-corrected chi connectivity index (χ4v) is 1.97. The number of carbonyl (C=O) groups is 1. The summed E-state index contributed by atoms with van der Waals surface area (Å²) in [6, 6.07) is 10.4. The Morgan fingerprint density at radius 3 is 2.76 bits per heavy atom. The number of ether oxygens (including phenoxy) is 2. The molecule has 0 saturated carbocycles. The average Bonchev–Trinajstić information content (AvgIpc) is 2.54. The van der Waals surface area contributed by atoms with E-state index in [0.717, 1.165) is 11.3 Å². The summed E-state index contributed by atoms with van der Waals surface area (Å²) in [5, 5.41) is 3.16. The molecule has 1 aromatic heterocycles. The third-order valence-electron chi connectivity index (χ3n) is 2.95. The Morgan fingerprint density at radius 1 is 1.29 bits per heavy atom. The van der Waals surface area contributed by atoms with Crippen molar-refractivity contribution in [2.75, 3.05) is 19.0 Å². The van der Waals surface area contributed by atoms with Crippen LogP contribution in [0, 0.1) is 0 Å². The lowest BCUT2D eigenvalue weighted by Crippen LogP contribution is -2.23. The molecule has 0 saturated heterocycles. The van der Waals surface area contributed by atoms with E-state index in [9.17, 15) is 4.79 Å². The summed E-state index contributed by atoms with van der Waals surface area (Å²) in [4.78, 5) is 16.2. The predicted octanol–water partition coefficient (Wildman–Crippen LogP) is 2.81. The average molecular weight is 286 g/mol. The Labute approximate surface area is 123 Å². The molecule has 1 unspecified atom stereocenters. The largest absolute Gasteiger partial charge is 0.495 e. The molecule has 0 spiro atoms. The molecule has 0 aliphatic heterocycles. The standard InChI is InChI=1S/C16H18N2O3/c1-3-21-16(19)15(12-7-6-10-17-11-12)18-13-8-4-5-9-14(13)20-2/h4-11,15,18H,3H2,1-2H3. The molecular formula is C16H18N2O3. The number of hydrogen-bond donors (Lipinski definition) is 1. The normalized spacial score (nSPS) is 11.5. The van der Waals surface area contributed by atoms with Gasteiger partial charge in [0.1, 0.15) is 5.75 Å². The van der Waals surface area contributed by atoms with Gasteiger partial charge in [0.05, 0.1) is 19.4 Å². The van der Waals surface area contributed by atoms with Crippen molar-refractivity contribution in [2.45, 2.75) is 13.0 Å². The van der Waals surface area contributed by atoms with E-state index in [1.54, 1.807) is 32.5 Å². The van der Waals surface area contributed by atoms with E-state index in [2.05, 4.69) is 10.3 Å². The summed E-state index contributed by atoms with van der Waals surface area (Å²) in [6.07, 6.45) is 3.30. The van der Waals surface area contributed by atoms with Crippen molar-refractivity contribution in [3.63, 3.8) is 0 Å². The maximum atomic E-state index is 12.2. The van der Waals surface area contributed by atoms with Gasteiger partial charge >= 0.3 is 5.97 Å². The monoisotopic (exact) mass is 286 g/mol. The van der Waals surface area contributed by atoms with Crippen molar-refractivity contribution in [3.05, 3.63) is 54.4 Å². The number of nitrogens with one attached hydrogen (secondary N) is 1. The minimum absolute atomic E-state index is 0.323. The highest BCUT2D eigenvalue weighted by Crippen LogP contribution is 2.28. The van der Waals surface area contributed by atoms with Crippen molar-refractivity contribution in [3.8, 4) is 5.75 Å². The Hall–Kier alpha value is -2.56. The summed E-state index contributed by atoms with van der Waals surface area (Å²) in [7, 11) is 1.59. The number of nitrogens with zero attached hydrogens (tertiary/aromatic N) is 1. The van der Waals surface area contributed by atoms with Gasteiger partial charge in [-0.25, -0.2) is 4.79 Å². The van der Waals surface area contributed by atoms with Crippen LogP contribution in [0.3, 0.4) is 0 Å². The van der Waals surface area contributed by atoms with Crippen LogP contribution >= 0.6 is 0 Å². The third kappa shape index (κ3) is 3.72.